The Kier molecular flexibility index (Phi) is 5.62. The van der Waals surface area contributed by atoms with Gasteiger partial charge in [0.1, 0.15) is 0 Å². The Bertz CT molecular complexity index is 389. The van der Waals surface area contributed by atoms with Crippen molar-refractivity contribution in [2.45, 2.75) is 20.8 Å². The van der Waals surface area contributed by atoms with Crippen LogP contribution in [0.1, 0.15) is 23.6 Å². The molecule has 0 amide bonds. The molecule has 0 radical (unpaired) electrons. The molecule has 0 aromatic heterocycles. The fourth-order valence-corrected chi connectivity index (χ4v) is 1.47. The molecule has 1 rings (SSSR count). The number of benzene rings is 1. The standard InChI is InChI=1S/C13H21N2.HI/c1-10-7-8-13(9-11(10)2)12(3)14-15(4,5)6;/h7-9H,1-6H3;1H/q+1;/p-1/b14-12-;. The third-order valence-corrected chi connectivity index (χ3v) is 2.37. The SMILES string of the molecule is C/C(=N/[N+](C)(C)C)c1ccc(C)c(C)c1.[I-]. The van der Waals surface area contributed by atoms with Gasteiger partial charge in [-0.15, -0.1) is 0 Å². The summed E-state index contributed by atoms with van der Waals surface area (Å²) in [6, 6.07) is 6.49. The molecule has 0 unspecified atom stereocenters. The van der Waals surface area contributed by atoms with Crippen molar-refractivity contribution < 1.29 is 28.6 Å². The van der Waals surface area contributed by atoms with Gasteiger partial charge in [-0.05, 0) is 38.0 Å². The minimum Gasteiger partial charge on any atom is -1.00 e. The summed E-state index contributed by atoms with van der Waals surface area (Å²) in [5.74, 6) is 0. The van der Waals surface area contributed by atoms with Gasteiger partial charge in [-0.25, -0.2) is 4.59 Å². The first-order valence-electron chi connectivity index (χ1n) is 5.25. The van der Waals surface area contributed by atoms with Crippen LogP contribution in [0.3, 0.4) is 0 Å². The molecule has 0 aliphatic carbocycles. The summed E-state index contributed by atoms with van der Waals surface area (Å²) in [5, 5.41) is 4.60. The Labute approximate surface area is 116 Å². The fourth-order valence-electron chi connectivity index (χ4n) is 1.47. The molecule has 1 aromatic rings. The third kappa shape index (κ3) is 4.61. The van der Waals surface area contributed by atoms with Crippen LogP contribution in [0.15, 0.2) is 23.3 Å². The van der Waals surface area contributed by atoms with E-state index in [0.29, 0.717) is 4.59 Å². The molecule has 0 saturated carbocycles. The van der Waals surface area contributed by atoms with E-state index in [1.807, 2.05) is 0 Å². The number of hydrogen-bond donors (Lipinski definition) is 0. The first-order chi connectivity index (χ1) is 6.79. The minimum absolute atomic E-state index is 0. The lowest BCUT2D eigenvalue weighted by atomic mass is 10.0. The maximum Gasteiger partial charge on any atom is 0.0999 e. The highest BCUT2D eigenvalue weighted by molar-refractivity contribution is 5.98. The maximum absolute atomic E-state index is 4.60. The van der Waals surface area contributed by atoms with Crippen LogP contribution in [0, 0.1) is 13.8 Å². The average molecular weight is 332 g/mol. The van der Waals surface area contributed by atoms with Crippen LogP contribution in [0.2, 0.25) is 0 Å². The lowest BCUT2D eigenvalue weighted by Gasteiger charge is -2.16. The second-order valence-electron chi connectivity index (χ2n) is 4.93. The van der Waals surface area contributed by atoms with E-state index in [1.165, 1.54) is 16.7 Å². The first-order valence-corrected chi connectivity index (χ1v) is 5.25. The molecule has 0 fully saturated rings. The monoisotopic (exact) mass is 332 g/mol. The van der Waals surface area contributed by atoms with Crippen molar-refractivity contribution in [2.24, 2.45) is 5.10 Å². The molecule has 16 heavy (non-hydrogen) atoms. The molecule has 0 N–H and O–H groups in total. The summed E-state index contributed by atoms with van der Waals surface area (Å²) in [6.45, 7) is 6.33. The summed E-state index contributed by atoms with van der Waals surface area (Å²) < 4.78 is 0.610. The van der Waals surface area contributed by atoms with Crippen LogP contribution in [0.25, 0.3) is 0 Å². The Morgan fingerprint density at radius 3 is 2.06 bits per heavy atom. The molecule has 0 spiro atoms. The van der Waals surface area contributed by atoms with Crippen LogP contribution in [0.5, 0.6) is 0 Å². The van der Waals surface area contributed by atoms with Gasteiger partial charge in [0.05, 0.1) is 26.9 Å². The zero-order chi connectivity index (χ0) is 11.6. The molecule has 90 valence electrons. The lowest BCUT2D eigenvalue weighted by molar-refractivity contribution is -0.877. The van der Waals surface area contributed by atoms with Crippen molar-refractivity contribution in [1.29, 1.82) is 0 Å². The normalized spacial score (nSPS) is 12.2. The number of hydrogen-bond acceptors (Lipinski definition) is 1. The zero-order valence-corrected chi connectivity index (χ0v) is 13.2. The predicted molar refractivity (Wildman–Crippen MR) is 66.2 cm³/mol. The van der Waals surface area contributed by atoms with Crippen LogP contribution < -0.4 is 24.0 Å². The van der Waals surface area contributed by atoms with Crippen molar-refractivity contribution in [3.63, 3.8) is 0 Å². The average Bonchev–Trinajstić information content (AvgIpc) is 2.06. The van der Waals surface area contributed by atoms with Gasteiger partial charge in [0, 0.05) is 5.56 Å². The van der Waals surface area contributed by atoms with Gasteiger partial charge in [-0.2, -0.15) is 0 Å². The number of halogens is 1. The van der Waals surface area contributed by atoms with Crippen molar-refractivity contribution >= 4 is 5.71 Å². The van der Waals surface area contributed by atoms with Gasteiger partial charge in [0.15, 0.2) is 0 Å². The molecule has 3 heteroatoms. The summed E-state index contributed by atoms with van der Waals surface area (Å²) in [7, 11) is 6.18. The molecule has 2 nitrogen and oxygen atoms in total. The predicted octanol–water partition coefficient (Wildman–Crippen LogP) is -0.262. The number of aryl methyl sites for hydroxylation is 2. The molecule has 1 aromatic carbocycles. The van der Waals surface area contributed by atoms with Gasteiger partial charge in [0.2, 0.25) is 0 Å². The van der Waals surface area contributed by atoms with Crippen LogP contribution in [0.4, 0.5) is 0 Å². The Morgan fingerprint density at radius 2 is 1.62 bits per heavy atom. The van der Waals surface area contributed by atoms with Crippen molar-refractivity contribution in [3.8, 4) is 0 Å². The topological polar surface area (TPSA) is 12.4 Å². The molecule has 0 aliphatic heterocycles. The Balaban J connectivity index is 0.00000225. The molecule has 0 bridgehead atoms. The quantitative estimate of drug-likeness (QED) is 0.306. The van der Waals surface area contributed by atoms with E-state index in [9.17, 15) is 0 Å². The van der Waals surface area contributed by atoms with E-state index in [4.69, 9.17) is 0 Å². The number of rotatable bonds is 2. The van der Waals surface area contributed by atoms with E-state index in [1.54, 1.807) is 0 Å². The maximum atomic E-state index is 4.60. The highest BCUT2D eigenvalue weighted by Crippen LogP contribution is 2.11. The van der Waals surface area contributed by atoms with Crippen LogP contribution in [-0.2, 0) is 0 Å². The summed E-state index contributed by atoms with van der Waals surface area (Å²) in [4.78, 5) is 0. The Hall–Kier alpha value is -0.420. The molecule has 0 atom stereocenters. The van der Waals surface area contributed by atoms with E-state index >= 15 is 0 Å². The van der Waals surface area contributed by atoms with Crippen LogP contribution in [-0.4, -0.2) is 31.4 Å². The van der Waals surface area contributed by atoms with Crippen molar-refractivity contribution in [1.82, 2.24) is 0 Å². The van der Waals surface area contributed by atoms with Crippen molar-refractivity contribution in [2.75, 3.05) is 21.1 Å². The van der Waals surface area contributed by atoms with Gasteiger partial charge in [-0.3, -0.25) is 0 Å². The smallest absolute Gasteiger partial charge is 0.0999 e. The molecule has 0 aliphatic rings. The third-order valence-electron chi connectivity index (χ3n) is 2.37. The Morgan fingerprint density at radius 1 is 1.06 bits per heavy atom. The lowest BCUT2D eigenvalue weighted by Crippen LogP contribution is -3.00. The number of nitrogens with zero attached hydrogens (tertiary/aromatic N) is 2. The molecular formula is C13H21IN2. The van der Waals surface area contributed by atoms with E-state index < -0.39 is 0 Å². The summed E-state index contributed by atoms with van der Waals surface area (Å²) >= 11 is 0. The largest absolute Gasteiger partial charge is 1.00 e. The van der Waals surface area contributed by atoms with Gasteiger partial charge in [0.25, 0.3) is 0 Å². The van der Waals surface area contributed by atoms with Crippen LogP contribution >= 0.6 is 0 Å². The second-order valence-corrected chi connectivity index (χ2v) is 4.93. The first kappa shape index (κ1) is 15.6. The van der Waals surface area contributed by atoms with E-state index in [0.717, 1.165) is 5.71 Å². The highest BCUT2D eigenvalue weighted by Gasteiger charge is 2.07. The second kappa shape index (κ2) is 5.77. The van der Waals surface area contributed by atoms with Gasteiger partial charge in [-0.1, -0.05) is 17.2 Å². The van der Waals surface area contributed by atoms with Gasteiger partial charge >= 0.3 is 0 Å². The van der Waals surface area contributed by atoms with Gasteiger partial charge < -0.3 is 24.0 Å². The fraction of sp³-hybridized carbons (Fsp3) is 0.462. The van der Waals surface area contributed by atoms with E-state index in [-0.39, 0.29) is 24.0 Å². The summed E-state index contributed by atoms with van der Waals surface area (Å²) in [6.07, 6.45) is 0. The summed E-state index contributed by atoms with van der Waals surface area (Å²) in [5.41, 5.74) is 4.96. The number of quaternary nitrogens is 1. The highest BCUT2D eigenvalue weighted by atomic mass is 127. The van der Waals surface area contributed by atoms with Crippen molar-refractivity contribution in [3.05, 3.63) is 34.9 Å². The molecular weight excluding hydrogens is 311 g/mol. The van der Waals surface area contributed by atoms with E-state index in [2.05, 4.69) is 65.2 Å². The molecule has 0 saturated heterocycles. The molecule has 0 heterocycles. The zero-order valence-electron chi connectivity index (χ0n) is 11.0. The minimum atomic E-state index is 0.